The number of benzene rings is 1. The van der Waals surface area contributed by atoms with Crippen molar-refractivity contribution in [3.05, 3.63) is 36.0 Å². The molecule has 3 nitrogen and oxygen atoms in total. The van der Waals surface area contributed by atoms with Crippen molar-refractivity contribution in [3.63, 3.8) is 0 Å². The molecule has 0 aliphatic heterocycles. The molecule has 1 aromatic heterocycles. The van der Waals surface area contributed by atoms with Crippen molar-refractivity contribution in [3.8, 4) is 0 Å². The molecule has 0 fully saturated rings. The second kappa shape index (κ2) is 5.19. The molecule has 0 aliphatic rings. The molecule has 80 valence electrons. The Morgan fingerprint density at radius 2 is 2.07 bits per heavy atom. The summed E-state index contributed by atoms with van der Waals surface area (Å²) in [5.41, 5.74) is 2.16. The summed E-state index contributed by atoms with van der Waals surface area (Å²) in [4.78, 5) is 0. The lowest BCUT2D eigenvalue weighted by atomic mass is 10.1. The third kappa shape index (κ3) is 2.52. The maximum absolute atomic E-state index is 8.82. The van der Waals surface area contributed by atoms with Crippen LogP contribution in [0.5, 0.6) is 0 Å². The van der Waals surface area contributed by atoms with E-state index in [9.17, 15) is 0 Å². The van der Waals surface area contributed by atoms with Gasteiger partial charge >= 0.3 is 0 Å². The van der Waals surface area contributed by atoms with Crippen LogP contribution in [0.1, 0.15) is 5.56 Å². The first kappa shape index (κ1) is 12.1. The van der Waals surface area contributed by atoms with Gasteiger partial charge in [-0.2, -0.15) is 0 Å². The number of fused-ring (bicyclic) bond motifs is 1. The van der Waals surface area contributed by atoms with E-state index >= 15 is 0 Å². The van der Waals surface area contributed by atoms with Gasteiger partial charge in [0.15, 0.2) is 12.7 Å². The normalized spacial score (nSPS) is 10.0. The first-order valence-electron chi connectivity index (χ1n) is 4.68. The molecule has 2 aromatic rings. The van der Waals surface area contributed by atoms with E-state index in [1.165, 1.54) is 10.9 Å². The summed E-state index contributed by atoms with van der Waals surface area (Å²) in [6, 6.07) is 8.02. The number of aromatic nitrogens is 2. The molecular weight excluding hydrogens is 256 g/mol. The van der Waals surface area contributed by atoms with Gasteiger partial charge in [0.05, 0.1) is 0 Å². The fourth-order valence-electron chi connectivity index (χ4n) is 1.57. The molecule has 0 atom stereocenters. The predicted octanol–water partition coefficient (Wildman–Crippen LogP) is -2.17. The average molecular weight is 269 g/mol. The highest BCUT2D eigenvalue weighted by molar-refractivity contribution is 5.80. The first-order chi connectivity index (χ1) is 6.81. The lowest BCUT2D eigenvalue weighted by Gasteiger charge is -1.98. The van der Waals surface area contributed by atoms with E-state index in [0.29, 0.717) is 6.54 Å². The van der Waals surface area contributed by atoms with Crippen LogP contribution in [0, 0.1) is 6.92 Å². The molecule has 0 spiro atoms. The van der Waals surface area contributed by atoms with Crippen molar-refractivity contribution in [2.75, 3.05) is 6.61 Å². The Morgan fingerprint density at radius 3 is 2.80 bits per heavy atom. The first-order valence-corrected chi connectivity index (χ1v) is 4.68. The molecule has 0 aliphatic carbocycles. The standard InChI is InChI=1S/C11H13N2O.BrH/c1-9-8-13(6-7-14)12-11-5-3-2-4-10(9)11;/h2-5,8,14H,6-7H2,1H3;1H/q+1;/p-1. The Bertz CT molecular complexity index is 459. The van der Waals surface area contributed by atoms with E-state index in [4.69, 9.17) is 5.11 Å². The summed E-state index contributed by atoms with van der Waals surface area (Å²) in [7, 11) is 0. The van der Waals surface area contributed by atoms with Crippen LogP contribution in [-0.2, 0) is 6.54 Å². The minimum atomic E-state index is 0. The van der Waals surface area contributed by atoms with Crippen LogP contribution >= 0.6 is 0 Å². The lowest BCUT2D eigenvalue weighted by molar-refractivity contribution is -0.752. The molecule has 1 N–H and O–H groups in total. The van der Waals surface area contributed by atoms with Gasteiger partial charge in [0.2, 0.25) is 0 Å². The van der Waals surface area contributed by atoms with Crippen molar-refractivity contribution in [1.29, 1.82) is 0 Å². The predicted molar refractivity (Wildman–Crippen MR) is 53.8 cm³/mol. The number of aliphatic hydroxyl groups excluding tert-OH is 1. The third-order valence-corrected chi connectivity index (χ3v) is 2.24. The topological polar surface area (TPSA) is 37.0 Å². The zero-order valence-electron chi connectivity index (χ0n) is 8.52. The molecule has 0 unspecified atom stereocenters. The number of rotatable bonds is 2. The molecule has 2 rings (SSSR count). The SMILES string of the molecule is Cc1c[n+](CCO)nc2ccccc12.[Br-]. The van der Waals surface area contributed by atoms with Crippen LogP contribution in [0.25, 0.3) is 10.9 Å². The summed E-state index contributed by atoms with van der Waals surface area (Å²) < 4.78 is 1.78. The van der Waals surface area contributed by atoms with Crippen LogP contribution in [0.3, 0.4) is 0 Å². The van der Waals surface area contributed by atoms with E-state index in [1.807, 2.05) is 24.4 Å². The van der Waals surface area contributed by atoms with Crippen molar-refractivity contribution >= 4 is 10.9 Å². The summed E-state index contributed by atoms with van der Waals surface area (Å²) in [6.45, 7) is 2.72. The smallest absolute Gasteiger partial charge is 0.199 e. The Kier molecular flexibility index (Phi) is 4.17. The van der Waals surface area contributed by atoms with Gasteiger partial charge in [0.1, 0.15) is 12.1 Å². The Hall–Kier alpha value is -1.000. The van der Waals surface area contributed by atoms with Crippen LogP contribution < -0.4 is 21.7 Å². The molecule has 4 heteroatoms. The van der Waals surface area contributed by atoms with Gasteiger partial charge < -0.3 is 22.1 Å². The highest BCUT2D eigenvalue weighted by Gasteiger charge is 2.07. The second-order valence-electron chi connectivity index (χ2n) is 3.32. The van der Waals surface area contributed by atoms with E-state index < -0.39 is 0 Å². The highest BCUT2D eigenvalue weighted by Crippen LogP contribution is 2.12. The number of aryl methyl sites for hydroxylation is 1. The van der Waals surface area contributed by atoms with Crippen LogP contribution in [0.15, 0.2) is 30.5 Å². The van der Waals surface area contributed by atoms with E-state index in [1.54, 1.807) is 4.68 Å². The molecule has 1 heterocycles. The van der Waals surface area contributed by atoms with Crippen molar-refractivity contribution in [2.45, 2.75) is 13.5 Å². The minimum Gasteiger partial charge on any atom is -1.00 e. The summed E-state index contributed by atoms with van der Waals surface area (Å²) in [5.74, 6) is 0. The van der Waals surface area contributed by atoms with Gasteiger partial charge in [-0.1, -0.05) is 22.9 Å². The highest BCUT2D eigenvalue weighted by atomic mass is 79.9. The van der Waals surface area contributed by atoms with E-state index in [-0.39, 0.29) is 23.6 Å². The lowest BCUT2D eigenvalue weighted by Crippen LogP contribution is -3.00. The van der Waals surface area contributed by atoms with Gasteiger partial charge in [-0.25, -0.2) is 0 Å². The van der Waals surface area contributed by atoms with Crippen LogP contribution in [-0.4, -0.2) is 16.8 Å². The Labute approximate surface area is 99.1 Å². The van der Waals surface area contributed by atoms with Gasteiger partial charge in [0, 0.05) is 16.0 Å². The zero-order chi connectivity index (χ0) is 9.97. The molecule has 1 aromatic carbocycles. The van der Waals surface area contributed by atoms with Crippen molar-refractivity contribution < 1.29 is 26.8 Å². The fourth-order valence-corrected chi connectivity index (χ4v) is 1.57. The number of halogens is 1. The number of aliphatic hydroxyl groups is 1. The molecule has 0 radical (unpaired) electrons. The van der Waals surface area contributed by atoms with Crippen molar-refractivity contribution in [1.82, 2.24) is 5.10 Å². The molecule has 0 bridgehead atoms. The van der Waals surface area contributed by atoms with E-state index in [0.717, 1.165) is 5.52 Å². The maximum atomic E-state index is 8.82. The summed E-state index contributed by atoms with van der Waals surface area (Å²) in [5, 5.41) is 14.4. The fraction of sp³-hybridized carbons (Fsp3) is 0.273. The van der Waals surface area contributed by atoms with Gasteiger partial charge in [-0.15, -0.1) is 0 Å². The molecule has 0 saturated heterocycles. The monoisotopic (exact) mass is 268 g/mol. The zero-order valence-corrected chi connectivity index (χ0v) is 10.1. The van der Waals surface area contributed by atoms with E-state index in [2.05, 4.69) is 18.1 Å². The van der Waals surface area contributed by atoms with Gasteiger partial charge in [-0.05, 0) is 13.0 Å². The van der Waals surface area contributed by atoms with Gasteiger partial charge in [-0.3, -0.25) is 0 Å². The number of hydrogen-bond acceptors (Lipinski definition) is 2. The maximum Gasteiger partial charge on any atom is 0.199 e. The molecular formula is C11H13BrN2O. The largest absolute Gasteiger partial charge is 1.00 e. The second-order valence-corrected chi connectivity index (χ2v) is 3.32. The average Bonchev–Trinajstić information content (AvgIpc) is 2.18. The Balaban J connectivity index is 0.00000112. The number of hydrogen-bond donors (Lipinski definition) is 1. The summed E-state index contributed by atoms with van der Waals surface area (Å²) >= 11 is 0. The minimum absolute atomic E-state index is 0. The molecule has 0 saturated carbocycles. The molecule has 15 heavy (non-hydrogen) atoms. The van der Waals surface area contributed by atoms with Crippen molar-refractivity contribution in [2.24, 2.45) is 0 Å². The third-order valence-electron chi connectivity index (χ3n) is 2.24. The summed E-state index contributed by atoms with van der Waals surface area (Å²) in [6.07, 6.45) is 1.96. The Morgan fingerprint density at radius 1 is 1.33 bits per heavy atom. The quantitative estimate of drug-likeness (QED) is 0.630. The van der Waals surface area contributed by atoms with Crippen LogP contribution in [0.2, 0.25) is 0 Å². The number of nitrogens with zero attached hydrogens (tertiary/aromatic N) is 2. The van der Waals surface area contributed by atoms with Crippen LogP contribution in [0.4, 0.5) is 0 Å². The van der Waals surface area contributed by atoms with Gasteiger partial charge in [0.25, 0.3) is 0 Å². The molecule has 0 amide bonds.